The van der Waals surface area contributed by atoms with E-state index in [1.807, 2.05) is 0 Å². The molecule has 1 amide bonds. The van der Waals surface area contributed by atoms with Gasteiger partial charge in [0.1, 0.15) is 0 Å². The molecule has 0 bridgehead atoms. The van der Waals surface area contributed by atoms with Gasteiger partial charge in [0, 0.05) is 57.6 Å². The van der Waals surface area contributed by atoms with Gasteiger partial charge in [-0.05, 0) is 18.9 Å². The van der Waals surface area contributed by atoms with Crippen molar-refractivity contribution in [3.05, 3.63) is 18.5 Å². The van der Waals surface area contributed by atoms with Crippen molar-refractivity contribution in [3.8, 4) is 0 Å². The first kappa shape index (κ1) is 17.1. The number of hydrogen-bond acceptors (Lipinski definition) is 6. The third kappa shape index (κ3) is 3.84. The average Bonchev–Trinajstić information content (AvgIpc) is 2.61. The van der Waals surface area contributed by atoms with Crippen LogP contribution >= 0.6 is 0 Å². The van der Waals surface area contributed by atoms with Gasteiger partial charge in [-0.2, -0.15) is 4.31 Å². The summed E-state index contributed by atoms with van der Waals surface area (Å²) in [6.07, 6.45) is 6.22. The van der Waals surface area contributed by atoms with Gasteiger partial charge < -0.3 is 9.80 Å². The van der Waals surface area contributed by atoms with E-state index in [9.17, 15) is 13.2 Å². The second-order valence-corrected chi connectivity index (χ2v) is 8.28. The minimum atomic E-state index is -3.16. The van der Waals surface area contributed by atoms with E-state index in [0.717, 1.165) is 25.9 Å². The molecule has 2 fully saturated rings. The standard InChI is InChI=1S/C15H23N5O3S/c1-24(22,23)20-11-9-18(10-12-20)14(21)13-3-7-19(8-4-13)15-16-5-2-6-17-15/h2,5-6,13H,3-4,7-12H2,1H3. The molecule has 1 aromatic rings. The summed E-state index contributed by atoms with van der Waals surface area (Å²) in [6, 6.07) is 1.79. The molecule has 132 valence electrons. The molecule has 9 heteroatoms. The average molecular weight is 353 g/mol. The highest BCUT2D eigenvalue weighted by atomic mass is 32.2. The van der Waals surface area contributed by atoms with Crippen molar-refractivity contribution in [1.82, 2.24) is 19.2 Å². The van der Waals surface area contributed by atoms with Crippen LogP contribution in [0.2, 0.25) is 0 Å². The van der Waals surface area contributed by atoms with Crippen molar-refractivity contribution < 1.29 is 13.2 Å². The maximum absolute atomic E-state index is 12.7. The zero-order valence-electron chi connectivity index (χ0n) is 13.8. The van der Waals surface area contributed by atoms with Gasteiger partial charge in [0.25, 0.3) is 0 Å². The minimum absolute atomic E-state index is 0.00902. The number of hydrogen-bond donors (Lipinski definition) is 0. The van der Waals surface area contributed by atoms with Gasteiger partial charge in [0.2, 0.25) is 21.9 Å². The fourth-order valence-corrected chi connectivity index (χ4v) is 4.11. The van der Waals surface area contributed by atoms with Crippen LogP contribution in [-0.4, -0.2) is 79.0 Å². The van der Waals surface area contributed by atoms with Crippen molar-refractivity contribution in [1.29, 1.82) is 0 Å². The number of nitrogens with zero attached hydrogens (tertiary/aromatic N) is 5. The zero-order valence-corrected chi connectivity index (χ0v) is 14.7. The van der Waals surface area contributed by atoms with E-state index in [1.54, 1.807) is 23.4 Å². The first-order chi connectivity index (χ1) is 11.4. The highest BCUT2D eigenvalue weighted by molar-refractivity contribution is 7.88. The third-order valence-electron chi connectivity index (χ3n) is 4.70. The molecular weight excluding hydrogens is 330 g/mol. The first-order valence-electron chi connectivity index (χ1n) is 8.21. The fraction of sp³-hybridized carbons (Fsp3) is 0.667. The molecule has 2 aliphatic rings. The third-order valence-corrected chi connectivity index (χ3v) is 6.00. The molecule has 3 heterocycles. The van der Waals surface area contributed by atoms with Crippen molar-refractivity contribution in [2.24, 2.45) is 5.92 Å². The molecular formula is C15H23N5O3S. The zero-order chi connectivity index (χ0) is 17.2. The van der Waals surface area contributed by atoms with Gasteiger partial charge in [0.05, 0.1) is 6.26 Å². The van der Waals surface area contributed by atoms with Crippen molar-refractivity contribution in [3.63, 3.8) is 0 Å². The normalized spacial score (nSPS) is 21.0. The number of anilines is 1. The van der Waals surface area contributed by atoms with Crippen LogP contribution in [0.3, 0.4) is 0 Å². The second kappa shape index (κ2) is 7.02. The first-order valence-corrected chi connectivity index (χ1v) is 10.1. The Bertz CT molecular complexity index is 666. The Kier molecular flexibility index (Phi) is 5.00. The Labute approximate surface area is 142 Å². The molecule has 0 spiro atoms. The van der Waals surface area contributed by atoms with E-state index >= 15 is 0 Å². The Morgan fingerprint density at radius 3 is 2.17 bits per heavy atom. The summed E-state index contributed by atoms with van der Waals surface area (Å²) in [5.41, 5.74) is 0. The van der Waals surface area contributed by atoms with E-state index in [4.69, 9.17) is 0 Å². The molecule has 0 aromatic carbocycles. The number of amides is 1. The molecule has 2 saturated heterocycles. The molecule has 0 N–H and O–H groups in total. The van der Waals surface area contributed by atoms with Crippen LogP contribution in [0.5, 0.6) is 0 Å². The van der Waals surface area contributed by atoms with Gasteiger partial charge >= 0.3 is 0 Å². The summed E-state index contributed by atoms with van der Waals surface area (Å²) >= 11 is 0. The number of carbonyl (C=O) groups excluding carboxylic acids is 1. The Morgan fingerprint density at radius 1 is 1.04 bits per heavy atom. The fourth-order valence-electron chi connectivity index (χ4n) is 3.28. The molecule has 8 nitrogen and oxygen atoms in total. The minimum Gasteiger partial charge on any atom is -0.341 e. The molecule has 3 rings (SSSR count). The lowest BCUT2D eigenvalue weighted by atomic mass is 9.95. The summed E-state index contributed by atoms with van der Waals surface area (Å²) in [5, 5.41) is 0. The Hall–Kier alpha value is -1.74. The quantitative estimate of drug-likeness (QED) is 0.748. The van der Waals surface area contributed by atoms with Crippen molar-refractivity contribution in [2.75, 3.05) is 50.4 Å². The van der Waals surface area contributed by atoms with E-state index in [-0.39, 0.29) is 11.8 Å². The predicted octanol–water partition coefficient (Wildman–Crippen LogP) is -0.203. The number of aromatic nitrogens is 2. The monoisotopic (exact) mass is 353 g/mol. The van der Waals surface area contributed by atoms with E-state index in [1.165, 1.54) is 10.6 Å². The van der Waals surface area contributed by atoms with Crippen LogP contribution in [0.15, 0.2) is 18.5 Å². The van der Waals surface area contributed by atoms with Gasteiger partial charge in [0.15, 0.2) is 0 Å². The van der Waals surface area contributed by atoms with Crippen LogP contribution in [0, 0.1) is 5.92 Å². The number of rotatable bonds is 3. The Morgan fingerprint density at radius 2 is 1.62 bits per heavy atom. The smallest absolute Gasteiger partial charge is 0.225 e. The van der Waals surface area contributed by atoms with E-state index in [2.05, 4.69) is 14.9 Å². The second-order valence-electron chi connectivity index (χ2n) is 6.30. The molecule has 24 heavy (non-hydrogen) atoms. The molecule has 2 aliphatic heterocycles. The van der Waals surface area contributed by atoms with Crippen molar-refractivity contribution >= 4 is 21.9 Å². The summed E-state index contributed by atoms with van der Waals surface area (Å²) in [5.74, 6) is 0.872. The highest BCUT2D eigenvalue weighted by Crippen LogP contribution is 2.23. The number of carbonyl (C=O) groups is 1. The largest absolute Gasteiger partial charge is 0.341 e. The lowest BCUT2D eigenvalue weighted by Crippen LogP contribution is -2.52. The molecule has 0 saturated carbocycles. The summed E-state index contributed by atoms with van der Waals surface area (Å²) < 4.78 is 24.5. The van der Waals surface area contributed by atoms with Crippen LogP contribution in [0.4, 0.5) is 5.95 Å². The lowest BCUT2D eigenvalue weighted by molar-refractivity contribution is -0.137. The highest BCUT2D eigenvalue weighted by Gasteiger charge is 2.32. The van der Waals surface area contributed by atoms with Gasteiger partial charge in [-0.15, -0.1) is 0 Å². The van der Waals surface area contributed by atoms with E-state index in [0.29, 0.717) is 32.1 Å². The van der Waals surface area contributed by atoms with Crippen LogP contribution in [0.1, 0.15) is 12.8 Å². The molecule has 0 unspecified atom stereocenters. The summed E-state index contributed by atoms with van der Waals surface area (Å²) in [6.45, 7) is 3.28. The number of piperidine rings is 1. The Balaban J connectivity index is 1.51. The maximum Gasteiger partial charge on any atom is 0.225 e. The van der Waals surface area contributed by atoms with Crippen molar-refractivity contribution in [2.45, 2.75) is 12.8 Å². The van der Waals surface area contributed by atoms with E-state index < -0.39 is 10.0 Å². The number of piperazine rings is 1. The van der Waals surface area contributed by atoms with Crippen LogP contribution in [-0.2, 0) is 14.8 Å². The lowest BCUT2D eigenvalue weighted by Gasteiger charge is -2.37. The van der Waals surface area contributed by atoms with Gasteiger partial charge in [-0.1, -0.05) is 0 Å². The van der Waals surface area contributed by atoms with Crippen LogP contribution in [0.25, 0.3) is 0 Å². The summed E-state index contributed by atoms with van der Waals surface area (Å²) in [4.78, 5) is 25.1. The van der Waals surface area contributed by atoms with Gasteiger partial charge in [-0.25, -0.2) is 18.4 Å². The molecule has 0 radical (unpaired) electrons. The van der Waals surface area contributed by atoms with Gasteiger partial charge in [-0.3, -0.25) is 4.79 Å². The topological polar surface area (TPSA) is 86.7 Å². The molecule has 1 aromatic heterocycles. The molecule has 0 aliphatic carbocycles. The SMILES string of the molecule is CS(=O)(=O)N1CCN(C(=O)C2CCN(c3ncccn3)CC2)CC1. The summed E-state index contributed by atoms with van der Waals surface area (Å²) in [7, 11) is -3.16. The van der Waals surface area contributed by atoms with Crippen LogP contribution < -0.4 is 4.90 Å². The maximum atomic E-state index is 12.7. The number of sulfonamides is 1. The predicted molar refractivity (Wildman–Crippen MR) is 90.0 cm³/mol. The molecule has 0 atom stereocenters.